The highest BCUT2D eigenvalue weighted by atomic mass is 32.2. The van der Waals surface area contributed by atoms with Crippen LogP contribution in [0.2, 0.25) is 0 Å². The van der Waals surface area contributed by atoms with Gasteiger partial charge in [0, 0.05) is 12.6 Å². The molecule has 0 bridgehead atoms. The minimum Gasteiger partial charge on any atom is -0.370 e. The number of ether oxygens (including phenoxy) is 1. The zero-order valence-corrected chi connectivity index (χ0v) is 13.4. The van der Waals surface area contributed by atoms with Gasteiger partial charge in [0.25, 0.3) is 0 Å². The van der Waals surface area contributed by atoms with Crippen LogP contribution >= 0.6 is 0 Å². The van der Waals surface area contributed by atoms with Gasteiger partial charge in [0.1, 0.15) is 6.10 Å². The molecule has 1 aromatic rings. The molecule has 1 N–H and O–H groups in total. The first-order chi connectivity index (χ1) is 10.0. The third-order valence-electron chi connectivity index (χ3n) is 3.46. The minimum absolute atomic E-state index is 0.0244. The van der Waals surface area contributed by atoms with Crippen LogP contribution in [-0.2, 0) is 21.1 Å². The lowest BCUT2D eigenvalue weighted by Gasteiger charge is -2.11. The highest BCUT2D eigenvalue weighted by Gasteiger charge is 2.28. The summed E-state index contributed by atoms with van der Waals surface area (Å²) in [5.74, 6) is 1.47. The van der Waals surface area contributed by atoms with Gasteiger partial charge in [-0.25, -0.2) is 8.42 Å². The zero-order chi connectivity index (χ0) is 15.3. The molecule has 0 aromatic carbocycles. The van der Waals surface area contributed by atoms with Crippen molar-refractivity contribution in [2.24, 2.45) is 0 Å². The van der Waals surface area contributed by atoms with Crippen LogP contribution < -0.4 is 5.32 Å². The van der Waals surface area contributed by atoms with Gasteiger partial charge in [-0.2, -0.15) is 4.98 Å². The van der Waals surface area contributed by atoms with Gasteiger partial charge in [-0.15, -0.1) is 0 Å². The van der Waals surface area contributed by atoms with Crippen LogP contribution in [-0.4, -0.2) is 42.7 Å². The van der Waals surface area contributed by atoms with E-state index in [1.807, 2.05) is 6.92 Å². The molecule has 8 heteroatoms. The summed E-state index contributed by atoms with van der Waals surface area (Å²) < 4.78 is 33.6. The standard InChI is InChI=1S/C13H23N3O4S/c1-3-5-11(19-4-2)13-15-12(20-16-13)8-14-10-6-7-21(17,18)9-10/h10-11,14H,3-9H2,1-2H3. The van der Waals surface area contributed by atoms with Gasteiger partial charge < -0.3 is 14.6 Å². The van der Waals surface area contributed by atoms with E-state index >= 15 is 0 Å². The predicted octanol–water partition coefficient (Wildman–Crippen LogP) is 1.22. The lowest BCUT2D eigenvalue weighted by molar-refractivity contribution is 0.0477. The number of sulfone groups is 1. The molecule has 2 rings (SSSR count). The molecule has 0 radical (unpaired) electrons. The van der Waals surface area contributed by atoms with Crippen LogP contribution in [0.25, 0.3) is 0 Å². The Kier molecular flexibility index (Phi) is 5.72. The summed E-state index contributed by atoms with van der Waals surface area (Å²) in [5, 5.41) is 7.11. The molecule has 21 heavy (non-hydrogen) atoms. The molecule has 2 unspecified atom stereocenters. The zero-order valence-electron chi connectivity index (χ0n) is 12.5. The Bertz CT molecular complexity index is 537. The van der Waals surface area contributed by atoms with Crippen LogP contribution in [0.1, 0.15) is 50.9 Å². The molecular formula is C13H23N3O4S. The average Bonchev–Trinajstić information content (AvgIpc) is 3.03. The van der Waals surface area contributed by atoms with Crippen molar-refractivity contribution in [3.8, 4) is 0 Å². The van der Waals surface area contributed by atoms with E-state index in [1.54, 1.807) is 0 Å². The lowest BCUT2D eigenvalue weighted by Crippen LogP contribution is -2.29. The molecular weight excluding hydrogens is 294 g/mol. The van der Waals surface area contributed by atoms with Crippen LogP contribution in [0.15, 0.2) is 4.52 Å². The SMILES string of the molecule is CCCC(OCC)c1noc(CNC2CCS(=O)(=O)C2)n1. The molecule has 1 aliphatic heterocycles. The maximum Gasteiger partial charge on any atom is 0.240 e. The number of hydrogen-bond acceptors (Lipinski definition) is 7. The molecule has 1 saturated heterocycles. The van der Waals surface area contributed by atoms with Crippen molar-refractivity contribution in [3.05, 3.63) is 11.7 Å². The summed E-state index contributed by atoms with van der Waals surface area (Å²) in [6.45, 7) is 5.01. The van der Waals surface area contributed by atoms with E-state index in [9.17, 15) is 8.42 Å². The monoisotopic (exact) mass is 317 g/mol. The summed E-state index contributed by atoms with van der Waals surface area (Å²) in [5.41, 5.74) is 0. The quantitative estimate of drug-likeness (QED) is 0.770. The van der Waals surface area contributed by atoms with E-state index in [-0.39, 0.29) is 23.7 Å². The number of hydrogen-bond donors (Lipinski definition) is 1. The molecule has 7 nitrogen and oxygen atoms in total. The predicted molar refractivity (Wildman–Crippen MR) is 77.5 cm³/mol. The van der Waals surface area contributed by atoms with Gasteiger partial charge in [0.2, 0.25) is 11.7 Å². The van der Waals surface area contributed by atoms with Crippen LogP contribution in [0.5, 0.6) is 0 Å². The highest BCUT2D eigenvalue weighted by Crippen LogP contribution is 2.20. The van der Waals surface area contributed by atoms with Crippen molar-refractivity contribution in [1.82, 2.24) is 15.5 Å². The Hall–Kier alpha value is -0.990. The molecule has 1 fully saturated rings. The largest absolute Gasteiger partial charge is 0.370 e. The first kappa shape index (κ1) is 16.4. The fraction of sp³-hybridized carbons (Fsp3) is 0.846. The summed E-state index contributed by atoms with van der Waals surface area (Å²) in [6, 6.07) is -0.0244. The maximum absolute atomic E-state index is 11.4. The van der Waals surface area contributed by atoms with Gasteiger partial charge in [-0.05, 0) is 19.8 Å². The van der Waals surface area contributed by atoms with Gasteiger partial charge in [-0.1, -0.05) is 18.5 Å². The van der Waals surface area contributed by atoms with Crippen molar-refractivity contribution in [2.45, 2.75) is 51.8 Å². The summed E-state index contributed by atoms with van der Waals surface area (Å²) in [7, 11) is -2.87. The smallest absolute Gasteiger partial charge is 0.240 e. The Balaban J connectivity index is 1.87. The fourth-order valence-corrected chi connectivity index (χ4v) is 4.12. The summed E-state index contributed by atoms with van der Waals surface area (Å²) >= 11 is 0. The highest BCUT2D eigenvalue weighted by molar-refractivity contribution is 7.91. The topological polar surface area (TPSA) is 94.3 Å². The van der Waals surface area contributed by atoms with Crippen molar-refractivity contribution in [3.63, 3.8) is 0 Å². The molecule has 120 valence electrons. The van der Waals surface area contributed by atoms with Crippen molar-refractivity contribution < 1.29 is 17.7 Å². The molecule has 2 heterocycles. The molecule has 0 spiro atoms. The van der Waals surface area contributed by atoms with E-state index in [1.165, 1.54) is 0 Å². The van der Waals surface area contributed by atoms with Crippen molar-refractivity contribution in [1.29, 1.82) is 0 Å². The van der Waals surface area contributed by atoms with Gasteiger partial charge in [-0.3, -0.25) is 0 Å². The fourth-order valence-electron chi connectivity index (χ4n) is 2.41. The summed E-state index contributed by atoms with van der Waals surface area (Å²) in [4.78, 5) is 4.33. The van der Waals surface area contributed by atoms with Crippen LogP contribution in [0.4, 0.5) is 0 Å². The van der Waals surface area contributed by atoms with Crippen molar-refractivity contribution in [2.75, 3.05) is 18.1 Å². The summed E-state index contributed by atoms with van der Waals surface area (Å²) in [6.07, 6.45) is 2.33. The third-order valence-corrected chi connectivity index (χ3v) is 5.23. The first-order valence-corrected chi connectivity index (χ1v) is 9.24. The van der Waals surface area contributed by atoms with E-state index < -0.39 is 9.84 Å². The number of nitrogens with zero attached hydrogens (tertiary/aromatic N) is 2. The number of nitrogens with one attached hydrogen (secondary N) is 1. The number of aromatic nitrogens is 2. The van der Waals surface area contributed by atoms with Gasteiger partial charge in [0.05, 0.1) is 18.1 Å². The van der Waals surface area contributed by atoms with E-state index in [0.29, 0.717) is 31.3 Å². The van der Waals surface area contributed by atoms with Gasteiger partial charge >= 0.3 is 0 Å². The third kappa shape index (κ3) is 4.76. The first-order valence-electron chi connectivity index (χ1n) is 7.42. The molecule has 0 amide bonds. The Morgan fingerprint density at radius 1 is 1.48 bits per heavy atom. The van der Waals surface area contributed by atoms with Crippen LogP contribution in [0, 0.1) is 0 Å². The molecule has 1 aromatic heterocycles. The molecule has 0 saturated carbocycles. The average molecular weight is 317 g/mol. The Labute approximate surface area is 125 Å². The van der Waals surface area contributed by atoms with E-state index in [0.717, 1.165) is 12.8 Å². The second kappa shape index (κ2) is 7.33. The Morgan fingerprint density at radius 3 is 2.90 bits per heavy atom. The Morgan fingerprint density at radius 2 is 2.29 bits per heavy atom. The normalized spacial score (nSPS) is 22.5. The van der Waals surface area contributed by atoms with Crippen LogP contribution in [0.3, 0.4) is 0 Å². The van der Waals surface area contributed by atoms with E-state index in [4.69, 9.17) is 9.26 Å². The lowest BCUT2D eigenvalue weighted by atomic mass is 10.2. The van der Waals surface area contributed by atoms with Gasteiger partial charge in [0.15, 0.2) is 9.84 Å². The minimum atomic E-state index is -2.87. The second-order valence-corrected chi connectivity index (χ2v) is 7.49. The molecule has 1 aliphatic rings. The second-order valence-electron chi connectivity index (χ2n) is 5.26. The molecule has 2 atom stereocenters. The maximum atomic E-state index is 11.4. The van der Waals surface area contributed by atoms with Crippen molar-refractivity contribution >= 4 is 9.84 Å². The van der Waals surface area contributed by atoms with E-state index in [2.05, 4.69) is 22.4 Å². The molecule has 0 aliphatic carbocycles. The number of rotatable bonds is 8.